The average molecular weight is 219 g/mol. The van der Waals surface area contributed by atoms with Crippen molar-refractivity contribution >= 4 is 8.56 Å². The summed E-state index contributed by atoms with van der Waals surface area (Å²) in [6.07, 6.45) is 1.07. The molecule has 0 aliphatic carbocycles. The van der Waals surface area contributed by atoms with E-state index in [0.717, 1.165) is 26.2 Å². The molecule has 0 aromatic heterocycles. The van der Waals surface area contributed by atoms with Crippen molar-refractivity contribution in [2.24, 2.45) is 0 Å². The first-order chi connectivity index (χ1) is 6.64. The molecular weight excluding hydrogens is 194 g/mol. The Kier molecular flexibility index (Phi) is 7.45. The lowest BCUT2D eigenvalue weighted by atomic mass is 10.5. The second kappa shape index (κ2) is 7.40. The van der Waals surface area contributed by atoms with Gasteiger partial charge in [-0.1, -0.05) is 13.8 Å². The quantitative estimate of drug-likeness (QED) is 0.634. The van der Waals surface area contributed by atoms with E-state index in [1.165, 1.54) is 0 Å². The fourth-order valence-electron chi connectivity index (χ4n) is 1.76. The van der Waals surface area contributed by atoms with Crippen molar-refractivity contribution in [3.05, 3.63) is 0 Å². The normalized spacial score (nSPS) is 14.4. The van der Waals surface area contributed by atoms with Crippen LogP contribution in [-0.2, 0) is 8.85 Å². The number of rotatable bonds is 8. The highest BCUT2D eigenvalue weighted by molar-refractivity contribution is 6.67. The predicted octanol–water partition coefficient (Wildman–Crippen LogP) is 2.06. The van der Waals surface area contributed by atoms with Gasteiger partial charge < -0.3 is 14.2 Å². The van der Waals surface area contributed by atoms with Crippen LogP contribution in [0.2, 0.25) is 6.55 Å². The highest BCUT2D eigenvalue weighted by atomic mass is 28.4. The van der Waals surface area contributed by atoms with Crippen LogP contribution in [0.4, 0.5) is 0 Å². The first-order valence-electron chi connectivity index (χ1n) is 5.65. The van der Waals surface area contributed by atoms with E-state index in [9.17, 15) is 0 Å². The molecule has 3 nitrogen and oxygen atoms in total. The fraction of sp³-hybridized carbons (Fsp3) is 1.00. The molecule has 0 rings (SSSR count). The monoisotopic (exact) mass is 219 g/mol. The predicted molar refractivity (Wildman–Crippen MR) is 62.6 cm³/mol. The summed E-state index contributed by atoms with van der Waals surface area (Å²) in [5.41, 5.74) is 0.396. The first kappa shape index (κ1) is 14.1. The van der Waals surface area contributed by atoms with Crippen molar-refractivity contribution in [3.8, 4) is 0 Å². The lowest BCUT2D eigenvalue weighted by Gasteiger charge is -2.33. The molecule has 0 spiro atoms. The third-order valence-electron chi connectivity index (χ3n) is 2.35. The van der Waals surface area contributed by atoms with Gasteiger partial charge in [0.25, 0.3) is 0 Å². The Bertz CT molecular complexity index is 138. The van der Waals surface area contributed by atoms with Gasteiger partial charge in [-0.05, 0) is 33.4 Å². The van der Waals surface area contributed by atoms with Crippen LogP contribution in [-0.4, -0.2) is 34.0 Å². The molecule has 4 heteroatoms. The molecule has 0 aliphatic rings. The summed E-state index contributed by atoms with van der Waals surface area (Å²) in [6, 6.07) is 0. The van der Waals surface area contributed by atoms with Crippen molar-refractivity contribution in [1.82, 2.24) is 5.32 Å². The summed E-state index contributed by atoms with van der Waals surface area (Å²) in [5.74, 6) is 0. The van der Waals surface area contributed by atoms with E-state index in [-0.39, 0.29) is 0 Å². The van der Waals surface area contributed by atoms with Crippen molar-refractivity contribution < 1.29 is 8.85 Å². The standard InChI is InChI=1S/C10H25NO2Si/c1-6-10(11-7-2)14(5,12-8-3)13-9-4/h10-11H,6-9H2,1-5H3. The van der Waals surface area contributed by atoms with E-state index in [2.05, 4.69) is 25.7 Å². The zero-order valence-electron chi connectivity index (χ0n) is 10.2. The minimum Gasteiger partial charge on any atom is -0.394 e. The van der Waals surface area contributed by atoms with Crippen LogP contribution >= 0.6 is 0 Å². The largest absolute Gasteiger partial charge is 0.394 e. The Morgan fingerprint density at radius 2 is 1.57 bits per heavy atom. The minimum absolute atomic E-state index is 0.396. The third-order valence-corrected chi connectivity index (χ3v) is 5.96. The molecule has 0 fully saturated rings. The van der Waals surface area contributed by atoms with Crippen LogP contribution in [0.3, 0.4) is 0 Å². The second-order valence-corrected chi connectivity index (χ2v) is 6.71. The molecule has 0 aromatic carbocycles. The zero-order valence-corrected chi connectivity index (χ0v) is 11.2. The summed E-state index contributed by atoms with van der Waals surface area (Å²) in [5, 5.41) is 3.45. The molecule has 1 unspecified atom stereocenters. The smallest absolute Gasteiger partial charge is 0.352 e. The molecule has 0 bridgehead atoms. The summed E-state index contributed by atoms with van der Waals surface area (Å²) in [6.45, 7) is 13.0. The van der Waals surface area contributed by atoms with Gasteiger partial charge in [0, 0.05) is 13.2 Å². The third kappa shape index (κ3) is 4.08. The molecule has 0 radical (unpaired) electrons. The minimum atomic E-state index is -2.01. The van der Waals surface area contributed by atoms with Crippen LogP contribution < -0.4 is 5.32 Å². The maximum atomic E-state index is 5.83. The molecule has 86 valence electrons. The van der Waals surface area contributed by atoms with E-state index in [1.807, 2.05) is 13.8 Å². The molecule has 0 heterocycles. The Labute approximate surface area is 89.4 Å². The fourth-order valence-corrected chi connectivity index (χ4v) is 4.71. The van der Waals surface area contributed by atoms with Crippen LogP contribution in [0.1, 0.15) is 34.1 Å². The Morgan fingerprint density at radius 1 is 1.07 bits per heavy atom. The topological polar surface area (TPSA) is 30.5 Å². The first-order valence-corrected chi connectivity index (χ1v) is 8.05. The highest BCUT2D eigenvalue weighted by Crippen LogP contribution is 2.15. The van der Waals surface area contributed by atoms with E-state index in [4.69, 9.17) is 8.85 Å². The SMILES string of the molecule is CCNC(CC)[Si](C)(OCC)OCC. The van der Waals surface area contributed by atoms with Crippen LogP contribution in [0, 0.1) is 0 Å². The highest BCUT2D eigenvalue weighted by Gasteiger charge is 2.39. The van der Waals surface area contributed by atoms with Crippen LogP contribution in [0.25, 0.3) is 0 Å². The van der Waals surface area contributed by atoms with Crippen molar-refractivity contribution in [3.63, 3.8) is 0 Å². The van der Waals surface area contributed by atoms with Gasteiger partial charge in [-0.3, -0.25) is 0 Å². The van der Waals surface area contributed by atoms with E-state index in [1.54, 1.807) is 0 Å². The molecule has 0 aliphatic heterocycles. The molecular formula is C10H25NO2Si. The van der Waals surface area contributed by atoms with Crippen LogP contribution in [0.15, 0.2) is 0 Å². The maximum Gasteiger partial charge on any atom is 0.352 e. The Balaban J connectivity index is 4.39. The summed E-state index contributed by atoms with van der Waals surface area (Å²) < 4.78 is 11.7. The number of hydrogen-bond acceptors (Lipinski definition) is 3. The summed E-state index contributed by atoms with van der Waals surface area (Å²) in [7, 11) is -2.01. The van der Waals surface area contributed by atoms with Gasteiger partial charge in [0.05, 0.1) is 5.67 Å². The maximum absolute atomic E-state index is 5.83. The Hall–Kier alpha value is 0.0969. The molecule has 0 saturated heterocycles. The second-order valence-electron chi connectivity index (χ2n) is 3.40. The molecule has 14 heavy (non-hydrogen) atoms. The lowest BCUT2D eigenvalue weighted by Crippen LogP contribution is -2.57. The lowest BCUT2D eigenvalue weighted by molar-refractivity contribution is 0.173. The molecule has 1 N–H and O–H groups in total. The van der Waals surface area contributed by atoms with E-state index in [0.29, 0.717) is 5.67 Å². The van der Waals surface area contributed by atoms with Crippen LogP contribution in [0.5, 0.6) is 0 Å². The van der Waals surface area contributed by atoms with E-state index >= 15 is 0 Å². The van der Waals surface area contributed by atoms with Gasteiger partial charge in [0.15, 0.2) is 0 Å². The Morgan fingerprint density at radius 3 is 1.86 bits per heavy atom. The van der Waals surface area contributed by atoms with Gasteiger partial charge in [-0.15, -0.1) is 0 Å². The molecule has 1 atom stereocenters. The average Bonchev–Trinajstić information content (AvgIpc) is 2.14. The van der Waals surface area contributed by atoms with Gasteiger partial charge >= 0.3 is 8.56 Å². The number of nitrogens with one attached hydrogen (secondary N) is 1. The van der Waals surface area contributed by atoms with Gasteiger partial charge in [0.1, 0.15) is 0 Å². The molecule has 0 saturated carbocycles. The number of hydrogen-bond donors (Lipinski definition) is 1. The van der Waals surface area contributed by atoms with Crippen molar-refractivity contribution in [1.29, 1.82) is 0 Å². The summed E-state index contributed by atoms with van der Waals surface area (Å²) >= 11 is 0. The summed E-state index contributed by atoms with van der Waals surface area (Å²) in [4.78, 5) is 0. The van der Waals surface area contributed by atoms with Crippen molar-refractivity contribution in [2.45, 2.75) is 46.3 Å². The molecule has 0 aromatic rings. The van der Waals surface area contributed by atoms with Gasteiger partial charge in [0.2, 0.25) is 0 Å². The van der Waals surface area contributed by atoms with Gasteiger partial charge in [-0.2, -0.15) is 0 Å². The zero-order chi connectivity index (χ0) is 11.0. The van der Waals surface area contributed by atoms with Crippen molar-refractivity contribution in [2.75, 3.05) is 19.8 Å². The molecule has 0 amide bonds. The van der Waals surface area contributed by atoms with Gasteiger partial charge in [-0.25, -0.2) is 0 Å². The van der Waals surface area contributed by atoms with E-state index < -0.39 is 8.56 Å².